The molecule has 1 unspecified atom stereocenters. The van der Waals surface area contributed by atoms with E-state index in [2.05, 4.69) is 10.6 Å². The lowest BCUT2D eigenvalue weighted by atomic mass is 9.99. The number of carbonyl (C=O) groups excluding carboxylic acids is 3. The van der Waals surface area contributed by atoms with Gasteiger partial charge >= 0.3 is 0 Å². The second-order valence-electron chi connectivity index (χ2n) is 9.49. The van der Waals surface area contributed by atoms with Crippen LogP contribution in [0.25, 0.3) is 0 Å². The SMILES string of the molecule is NC(=O)[C@H](NC(=O)c1ccc(OCC2CCNCC2)cc1)C(O)N1CCN(C(=O)c2ccccc2)CC1. The third-order valence-corrected chi connectivity index (χ3v) is 6.95. The first-order chi connectivity index (χ1) is 17.9. The molecule has 37 heavy (non-hydrogen) atoms. The molecule has 2 aromatic carbocycles. The van der Waals surface area contributed by atoms with E-state index in [0.717, 1.165) is 25.9 Å². The first-order valence-corrected chi connectivity index (χ1v) is 12.7. The third kappa shape index (κ3) is 7.06. The molecule has 2 saturated heterocycles. The molecule has 2 aliphatic rings. The Balaban J connectivity index is 1.29. The van der Waals surface area contributed by atoms with Crippen molar-refractivity contribution in [1.29, 1.82) is 0 Å². The number of ether oxygens (including phenoxy) is 1. The van der Waals surface area contributed by atoms with E-state index in [0.29, 0.717) is 55.6 Å². The molecule has 2 aromatic rings. The van der Waals surface area contributed by atoms with Crippen LogP contribution in [-0.4, -0.2) is 90.8 Å². The van der Waals surface area contributed by atoms with Crippen molar-refractivity contribution in [1.82, 2.24) is 20.4 Å². The van der Waals surface area contributed by atoms with Gasteiger partial charge in [0.25, 0.3) is 11.8 Å². The van der Waals surface area contributed by atoms with Crippen LogP contribution in [0.15, 0.2) is 54.6 Å². The van der Waals surface area contributed by atoms with Gasteiger partial charge in [-0.3, -0.25) is 19.3 Å². The number of primary amides is 1. The second-order valence-corrected chi connectivity index (χ2v) is 9.49. The number of nitrogens with one attached hydrogen (secondary N) is 2. The molecule has 10 heteroatoms. The fourth-order valence-electron chi connectivity index (χ4n) is 4.65. The maximum atomic E-state index is 12.8. The maximum Gasteiger partial charge on any atom is 0.253 e. The molecular weight excluding hydrogens is 474 g/mol. The Morgan fingerprint density at radius 1 is 0.973 bits per heavy atom. The van der Waals surface area contributed by atoms with Crippen molar-refractivity contribution in [3.63, 3.8) is 0 Å². The van der Waals surface area contributed by atoms with Gasteiger partial charge in [-0.15, -0.1) is 0 Å². The molecule has 2 aliphatic heterocycles. The third-order valence-electron chi connectivity index (χ3n) is 6.95. The molecule has 0 aromatic heterocycles. The summed E-state index contributed by atoms with van der Waals surface area (Å²) in [6.45, 7) is 4.06. The standard InChI is InChI=1S/C27H35N5O5/c28-24(33)23(27(36)32-16-14-31(15-17-32)26(35)21-4-2-1-3-5-21)30-25(34)20-6-8-22(9-7-20)37-18-19-10-12-29-13-11-19/h1-9,19,23,27,29,36H,10-18H2,(H2,28,33)(H,30,34)/t23-,27?/m0/s1. The summed E-state index contributed by atoms with van der Waals surface area (Å²) in [4.78, 5) is 41.0. The Labute approximate surface area is 216 Å². The molecule has 0 saturated carbocycles. The lowest BCUT2D eigenvalue weighted by Crippen LogP contribution is -2.61. The monoisotopic (exact) mass is 509 g/mol. The number of nitrogens with two attached hydrogens (primary N) is 1. The minimum atomic E-state index is -1.32. The Hall–Kier alpha value is -3.47. The van der Waals surface area contributed by atoms with Crippen LogP contribution >= 0.6 is 0 Å². The van der Waals surface area contributed by atoms with Crippen molar-refractivity contribution >= 4 is 17.7 Å². The predicted molar refractivity (Wildman–Crippen MR) is 138 cm³/mol. The van der Waals surface area contributed by atoms with Gasteiger partial charge in [-0.05, 0) is 68.2 Å². The van der Waals surface area contributed by atoms with Gasteiger partial charge in [-0.25, -0.2) is 0 Å². The van der Waals surface area contributed by atoms with Crippen LogP contribution in [0.3, 0.4) is 0 Å². The summed E-state index contributed by atoms with van der Waals surface area (Å²) in [6, 6.07) is 14.3. The predicted octanol–water partition coefficient (Wildman–Crippen LogP) is 0.425. The number of amides is 3. The normalized spacial score (nSPS) is 18.6. The number of piperazine rings is 1. The van der Waals surface area contributed by atoms with E-state index in [1.165, 1.54) is 0 Å². The smallest absolute Gasteiger partial charge is 0.253 e. The highest BCUT2D eigenvalue weighted by molar-refractivity contribution is 5.97. The van der Waals surface area contributed by atoms with E-state index in [4.69, 9.17) is 10.5 Å². The molecule has 2 heterocycles. The Kier molecular flexibility index (Phi) is 9.10. The molecule has 4 rings (SSSR count). The van der Waals surface area contributed by atoms with Crippen LogP contribution in [0.2, 0.25) is 0 Å². The molecule has 0 bridgehead atoms. The molecule has 3 amide bonds. The second kappa shape index (κ2) is 12.7. The van der Waals surface area contributed by atoms with Gasteiger partial charge in [0.05, 0.1) is 6.61 Å². The quantitative estimate of drug-likeness (QED) is 0.385. The van der Waals surface area contributed by atoms with E-state index in [-0.39, 0.29) is 5.91 Å². The minimum absolute atomic E-state index is 0.0855. The van der Waals surface area contributed by atoms with Gasteiger partial charge in [0, 0.05) is 37.3 Å². The summed E-state index contributed by atoms with van der Waals surface area (Å²) in [5, 5.41) is 16.7. The highest BCUT2D eigenvalue weighted by atomic mass is 16.5. The fourth-order valence-corrected chi connectivity index (χ4v) is 4.65. The van der Waals surface area contributed by atoms with E-state index in [1.807, 2.05) is 18.2 Å². The van der Waals surface area contributed by atoms with E-state index in [9.17, 15) is 19.5 Å². The number of piperidine rings is 1. The molecule has 0 spiro atoms. The van der Waals surface area contributed by atoms with Gasteiger partial charge in [-0.1, -0.05) is 18.2 Å². The number of benzene rings is 2. The molecule has 2 atom stereocenters. The Morgan fingerprint density at radius 3 is 2.24 bits per heavy atom. The fraction of sp³-hybridized carbons (Fsp3) is 0.444. The Morgan fingerprint density at radius 2 is 1.62 bits per heavy atom. The van der Waals surface area contributed by atoms with Gasteiger partial charge in [0.1, 0.15) is 18.0 Å². The average molecular weight is 510 g/mol. The average Bonchev–Trinajstić information content (AvgIpc) is 2.95. The summed E-state index contributed by atoms with van der Waals surface area (Å²) < 4.78 is 5.86. The number of rotatable bonds is 9. The number of aliphatic hydroxyl groups excluding tert-OH is 1. The summed E-state index contributed by atoms with van der Waals surface area (Å²) in [5.41, 5.74) is 6.45. The molecule has 5 N–H and O–H groups in total. The summed E-state index contributed by atoms with van der Waals surface area (Å²) in [5.74, 6) is -0.265. The van der Waals surface area contributed by atoms with E-state index in [1.54, 1.807) is 46.2 Å². The van der Waals surface area contributed by atoms with Crippen molar-refractivity contribution < 1.29 is 24.2 Å². The molecule has 0 aliphatic carbocycles. The van der Waals surface area contributed by atoms with Crippen LogP contribution < -0.4 is 21.1 Å². The zero-order valence-corrected chi connectivity index (χ0v) is 20.8. The van der Waals surface area contributed by atoms with Crippen molar-refractivity contribution in [3.05, 3.63) is 65.7 Å². The lowest BCUT2D eigenvalue weighted by Gasteiger charge is -2.39. The number of nitrogens with zero attached hydrogens (tertiary/aromatic N) is 2. The van der Waals surface area contributed by atoms with Crippen LogP contribution in [0.1, 0.15) is 33.6 Å². The number of aliphatic hydroxyl groups is 1. The first-order valence-electron chi connectivity index (χ1n) is 12.7. The van der Waals surface area contributed by atoms with Crippen LogP contribution in [0.4, 0.5) is 0 Å². The van der Waals surface area contributed by atoms with Crippen molar-refractivity contribution in [3.8, 4) is 5.75 Å². The van der Waals surface area contributed by atoms with E-state index >= 15 is 0 Å². The first kappa shape index (κ1) is 26.6. The molecule has 10 nitrogen and oxygen atoms in total. The number of hydrogen-bond acceptors (Lipinski definition) is 7. The zero-order chi connectivity index (χ0) is 26.2. The van der Waals surface area contributed by atoms with Crippen LogP contribution in [0, 0.1) is 5.92 Å². The number of hydrogen-bond donors (Lipinski definition) is 4. The molecule has 198 valence electrons. The lowest BCUT2D eigenvalue weighted by molar-refractivity contribution is -0.127. The minimum Gasteiger partial charge on any atom is -0.493 e. The number of carbonyl (C=O) groups is 3. The van der Waals surface area contributed by atoms with Gasteiger partial charge < -0.3 is 31.1 Å². The molecule has 0 radical (unpaired) electrons. The van der Waals surface area contributed by atoms with Crippen LogP contribution in [-0.2, 0) is 4.79 Å². The molecular formula is C27H35N5O5. The van der Waals surface area contributed by atoms with Crippen molar-refractivity contribution in [2.75, 3.05) is 45.9 Å². The van der Waals surface area contributed by atoms with Gasteiger partial charge in [0.15, 0.2) is 0 Å². The van der Waals surface area contributed by atoms with Gasteiger partial charge in [0.2, 0.25) is 5.91 Å². The topological polar surface area (TPSA) is 137 Å². The van der Waals surface area contributed by atoms with Gasteiger partial charge in [-0.2, -0.15) is 0 Å². The van der Waals surface area contributed by atoms with Crippen molar-refractivity contribution in [2.24, 2.45) is 11.7 Å². The molecule has 2 fully saturated rings. The highest BCUT2D eigenvalue weighted by Crippen LogP contribution is 2.18. The summed E-state index contributed by atoms with van der Waals surface area (Å²) >= 11 is 0. The Bertz CT molecular complexity index is 1050. The summed E-state index contributed by atoms with van der Waals surface area (Å²) in [7, 11) is 0. The highest BCUT2D eigenvalue weighted by Gasteiger charge is 2.34. The van der Waals surface area contributed by atoms with Crippen LogP contribution in [0.5, 0.6) is 5.75 Å². The van der Waals surface area contributed by atoms with E-state index < -0.39 is 24.1 Å². The zero-order valence-electron chi connectivity index (χ0n) is 20.8. The largest absolute Gasteiger partial charge is 0.493 e. The maximum absolute atomic E-state index is 12.8. The summed E-state index contributed by atoms with van der Waals surface area (Å²) in [6.07, 6.45) is 0.841. The van der Waals surface area contributed by atoms with Crippen molar-refractivity contribution in [2.45, 2.75) is 25.1 Å².